The SMILES string of the molecule is CC(C)[Si](OCC(F)(F)Oc1ccc(N2CC(C)(C)N[C@H]3CCCC[C@@H]32)cc1)(C(C)C)C(C)C. The van der Waals surface area contributed by atoms with Crippen molar-refractivity contribution in [3.05, 3.63) is 24.3 Å². The molecule has 1 heterocycles. The molecule has 2 aliphatic rings. The molecule has 34 heavy (non-hydrogen) atoms. The van der Waals surface area contributed by atoms with Crippen molar-refractivity contribution in [2.75, 3.05) is 18.1 Å². The van der Waals surface area contributed by atoms with Crippen molar-refractivity contribution < 1.29 is 17.9 Å². The topological polar surface area (TPSA) is 33.7 Å². The van der Waals surface area contributed by atoms with Crippen molar-refractivity contribution in [1.82, 2.24) is 5.32 Å². The van der Waals surface area contributed by atoms with E-state index >= 15 is 0 Å². The number of fused-ring (bicyclic) bond motifs is 1. The highest BCUT2D eigenvalue weighted by atomic mass is 28.4. The molecule has 1 aliphatic carbocycles. The second-order valence-corrected chi connectivity index (χ2v) is 17.4. The van der Waals surface area contributed by atoms with Crippen LogP contribution in [0.2, 0.25) is 16.6 Å². The summed E-state index contributed by atoms with van der Waals surface area (Å²) in [7, 11) is -2.39. The Balaban J connectivity index is 1.69. The summed E-state index contributed by atoms with van der Waals surface area (Å²) >= 11 is 0. The smallest absolute Gasteiger partial charge is 0.420 e. The van der Waals surface area contributed by atoms with Crippen LogP contribution in [0.4, 0.5) is 14.5 Å². The number of benzene rings is 1. The van der Waals surface area contributed by atoms with Crippen LogP contribution in [0.15, 0.2) is 24.3 Å². The number of hydrogen-bond acceptors (Lipinski definition) is 4. The highest BCUT2D eigenvalue weighted by Gasteiger charge is 2.48. The molecular weight excluding hydrogens is 450 g/mol. The van der Waals surface area contributed by atoms with Crippen LogP contribution in [-0.2, 0) is 4.43 Å². The van der Waals surface area contributed by atoms with Gasteiger partial charge in [-0.2, -0.15) is 8.78 Å². The van der Waals surface area contributed by atoms with Gasteiger partial charge in [0.1, 0.15) is 12.4 Å². The number of ether oxygens (including phenoxy) is 1. The fourth-order valence-corrected chi connectivity index (χ4v) is 12.1. The Bertz CT molecular complexity index is 777. The molecule has 1 aromatic rings. The van der Waals surface area contributed by atoms with E-state index in [1.165, 1.54) is 19.3 Å². The molecule has 2 atom stereocenters. The predicted octanol–water partition coefficient (Wildman–Crippen LogP) is 7.35. The largest absolute Gasteiger partial charge is 0.431 e. The van der Waals surface area contributed by atoms with E-state index in [0.29, 0.717) is 12.1 Å². The lowest BCUT2D eigenvalue weighted by molar-refractivity contribution is -0.198. The Morgan fingerprint density at radius 1 is 1.00 bits per heavy atom. The number of rotatable bonds is 9. The lowest BCUT2D eigenvalue weighted by Crippen LogP contribution is -2.67. The van der Waals surface area contributed by atoms with Gasteiger partial charge in [-0.3, -0.25) is 0 Å². The van der Waals surface area contributed by atoms with E-state index in [1.54, 1.807) is 12.1 Å². The van der Waals surface area contributed by atoms with Crippen LogP contribution in [0, 0.1) is 0 Å². The summed E-state index contributed by atoms with van der Waals surface area (Å²) in [5, 5.41) is 3.81. The van der Waals surface area contributed by atoms with Crippen molar-refractivity contribution in [3.63, 3.8) is 0 Å². The quantitative estimate of drug-likeness (QED) is 0.362. The summed E-state index contributed by atoms with van der Waals surface area (Å²) in [4.78, 5) is 2.46. The highest BCUT2D eigenvalue weighted by molar-refractivity contribution is 6.77. The second-order valence-electron chi connectivity index (χ2n) is 12.0. The molecule has 1 aliphatic heterocycles. The monoisotopic (exact) mass is 496 g/mol. The average Bonchev–Trinajstić information content (AvgIpc) is 2.72. The molecule has 0 aromatic heterocycles. The summed E-state index contributed by atoms with van der Waals surface area (Å²) in [6.07, 6.45) is 1.47. The first kappa shape index (κ1) is 27.4. The van der Waals surface area contributed by atoms with Gasteiger partial charge < -0.3 is 19.4 Å². The number of halogens is 2. The van der Waals surface area contributed by atoms with E-state index in [2.05, 4.69) is 65.6 Å². The normalized spacial score (nSPS) is 23.5. The molecule has 1 aromatic carbocycles. The van der Waals surface area contributed by atoms with Gasteiger partial charge in [0.15, 0.2) is 0 Å². The number of nitrogens with one attached hydrogen (secondary N) is 1. The second kappa shape index (κ2) is 10.4. The summed E-state index contributed by atoms with van der Waals surface area (Å²) in [5.41, 5.74) is 1.82. The maximum absolute atomic E-state index is 14.9. The van der Waals surface area contributed by atoms with Crippen molar-refractivity contribution in [1.29, 1.82) is 0 Å². The standard InChI is InChI=1S/C27H46F2N2O2Si/c1-19(2)34(20(3)4,21(5)6)32-18-27(28,29)33-23-15-13-22(14-16-23)31-17-26(7,8)30-24-11-9-10-12-25(24)31/h13-16,19-21,24-25,30H,9-12,17-18H2,1-8H3/t24-,25-/m0/s1. The Kier molecular flexibility index (Phi) is 8.41. The molecule has 4 nitrogen and oxygen atoms in total. The van der Waals surface area contributed by atoms with Crippen molar-refractivity contribution in [3.8, 4) is 5.75 Å². The predicted molar refractivity (Wildman–Crippen MR) is 140 cm³/mol. The molecule has 1 saturated heterocycles. The molecule has 0 amide bonds. The molecule has 2 fully saturated rings. The minimum atomic E-state index is -3.37. The van der Waals surface area contributed by atoms with E-state index in [1.807, 2.05) is 12.1 Å². The zero-order valence-corrected chi connectivity index (χ0v) is 23.5. The van der Waals surface area contributed by atoms with Crippen molar-refractivity contribution in [2.24, 2.45) is 0 Å². The first-order chi connectivity index (χ1) is 15.8. The number of alkyl halides is 2. The summed E-state index contributed by atoms with van der Waals surface area (Å²) in [6.45, 7) is 17.2. The molecular formula is C27H46F2N2O2Si. The van der Waals surface area contributed by atoms with E-state index in [-0.39, 0.29) is 27.9 Å². The van der Waals surface area contributed by atoms with Gasteiger partial charge in [0.05, 0.1) is 0 Å². The van der Waals surface area contributed by atoms with E-state index in [9.17, 15) is 8.78 Å². The van der Waals surface area contributed by atoms with Crippen LogP contribution in [0.1, 0.15) is 81.1 Å². The zero-order chi connectivity index (χ0) is 25.3. The third-order valence-electron chi connectivity index (χ3n) is 7.90. The number of piperazine rings is 1. The number of nitrogens with zero attached hydrogens (tertiary/aromatic N) is 1. The van der Waals surface area contributed by atoms with Gasteiger partial charge in [0.25, 0.3) is 0 Å². The molecule has 3 rings (SSSR count). The summed E-state index contributed by atoms with van der Waals surface area (Å²) < 4.78 is 41.0. The molecule has 194 valence electrons. The van der Waals surface area contributed by atoms with Crippen molar-refractivity contribution >= 4 is 14.0 Å². The summed E-state index contributed by atoms with van der Waals surface area (Å²) in [5.74, 6) is 0.179. The van der Waals surface area contributed by atoms with Gasteiger partial charge in [-0.25, -0.2) is 0 Å². The Morgan fingerprint density at radius 2 is 1.56 bits per heavy atom. The Hall–Kier alpha value is -1.18. The average molecular weight is 497 g/mol. The third kappa shape index (κ3) is 5.96. The Morgan fingerprint density at radius 3 is 2.12 bits per heavy atom. The summed E-state index contributed by atoms with van der Waals surface area (Å²) in [6, 6.07) is 8.12. The molecule has 1 saturated carbocycles. The highest BCUT2D eigenvalue weighted by Crippen LogP contribution is 2.43. The van der Waals surface area contributed by atoms with Gasteiger partial charge >= 0.3 is 6.11 Å². The van der Waals surface area contributed by atoms with E-state index in [4.69, 9.17) is 9.16 Å². The fourth-order valence-electron chi connectivity index (χ4n) is 6.64. The number of hydrogen-bond donors (Lipinski definition) is 1. The maximum Gasteiger partial charge on any atom is 0.420 e. The first-order valence-corrected chi connectivity index (χ1v) is 15.3. The van der Waals surface area contributed by atoms with Gasteiger partial charge in [-0.1, -0.05) is 54.4 Å². The van der Waals surface area contributed by atoms with Crippen LogP contribution >= 0.6 is 0 Å². The molecule has 1 N–H and O–H groups in total. The van der Waals surface area contributed by atoms with Gasteiger partial charge in [0.2, 0.25) is 8.32 Å². The third-order valence-corrected chi connectivity index (χ3v) is 14.0. The number of anilines is 1. The van der Waals surface area contributed by atoms with Crippen LogP contribution in [0.25, 0.3) is 0 Å². The van der Waals surface area contributed by atoms with Gasteiger partial charge in [-0.05, 0) is 67.6 Å². The first-order valence-electron chi connectivity index (χ1n) is 13.1. The molecule has 0 bridgehead atoms. The van der Waals surface area contributed by atoms with Crippen LogP contribution in [0.3, 0.4) is 0 Å². The van der Waals surface area contributed by atoms with E-state index in [0.717, 1.165) is 18.7 Å². The van der Waals surface area contributed by atoms with Gasteiger partial charge in [-0.15, -0.1) is 0 Å². The van der Waals surface area contributed by atoms with Gasteiger partial charge in [0, 0.05) is 29.9 Å². The lowest BCUT2D eigenvalue weighted by Gasteiger charge is -2.52. The minimum absolute atomic E-state index is 0.0116. The molecule has 0 unspecified atom stereocenters. The lowest BCUT2D eigenvalue weighted by atomic mass is 9.83. The van der Waals surface area contributed by atoms with Crippen molar-refractivity contribution in [2.45, 2.75) is 121 Å². The van der Waals surface area contributed by atoms with Crippen LogP contribution in [0.5, 0.6) is 5.75 Å². The molecule has 0 radical (unpaired) electrons. The fraction of sp³-hybridized carbons (Fsp3) is 0.778. The van der Waals surface area contributed by atoms with Crippen LogP contribution in [-0.4, -0.2) is 45.2 Å². The Labute approximate surface area is 206 Å². The molecule has 0 spiro atoms. The minimum Gasteiger partial charge on any atom is -0.431 e. The molecule has 7 heteroatoms. The zero-order valence-electron chi connectivity index (χ0n) is 22.5. The maximum atomic E-state index is 14.9. The van der Waals surface area contributed by atoms with Crippen LogP contribution < -0.4 is 15.0 Å². The van der Waals surface area contributed by atoms with E-state index < -0.39 is 21.0 Å².